The van der Waals surface area contributed by atoms with Gasteiger partial charge in [0.1, 0.15) is 0 Å². The lowest BCUT2D eigenvalue weighted by atomic mass is 9.92. The van der Waals surface area contributed by atoms with Gasteiger partial charge in [-0.3, -0.25) is 4.79 Å². The summed E-state index contributed by atoms with van der Waals surface area (Å²) >= 11 is 3.47. The lowest BCUT2D eigenvalue weighted by Gasteiger charge is -2.36. The third kappa shape index (κ3) is 3.01. The summed E-state index contributed by atoms with van der Waals surface area (Å²) in [7, 11) is 0. The van der Waals surface area contributed by atoms with Crippen molar-refractivity contribution in [1.29, 1.82) is 0 Å². The molecule has 17 heavy (non-hydrogen) atoms. The molecule has 5 nitrogen and oxygen atoms in total. The normalized spacial score (nSPS) is 18.6. The molecule has 1 aliphatic rings. The highest BCUT2D eigenvalue weighted by molar-refractivity contribution is 9.09. The molecule has 2 heterocycles. The number of amides is 1. The van der Waals surface area contributed by atoms with E-state index in [2.05, 4.69) is 31.4 Å². The Morgan fingerprint density at radius 1 is 1.47 bits per heavy atom. The van der Waals surface area contributed by atoms with E-state index in [1.807, 2.05) is 0 Å². The van der Waals surface area contributed by atoms with E-state index in [0.717, 1.165) is 18.2 Å². The minimum atomic E-state index is -0.210. The van der Waals surface area contributed by atoms with Gasteiger partial charge in [0.2, 0.25) is 0 Å². The maximum Gasteiger partial charge on any atom is 0.253 e. The number of carbonyl (C=O) groups is 1. The number of hydrogen-bond donors (Lipinski definition) is 1. The first-order valence-corrected chi connectivity index (χ1v) is 6.61. The van der Waals surface area contributed by atoms with E-state index >= 15 is 0 Å². The molecular weight excluding hydrogens is 286 g/mol. The van der Waals surface area contributed by atoms with Crippen molar-refractivity contribution in [2.24, 2.45) is 0 Å². The molecule has 0 radical (unpaired) electrons. The number of alkyl halides is 1. The average Bonchev–Trinajstić information content (AvgIpc) is 2.41. The Hall–Kier alpha value is -1.01. The summed E-state index contributed by atoms with van der Waals surface area (Å²) in [6.07, 6.45) is 4.63. The summed E-state index contributed by atoms with van der Waals surface area (Å²) in [6, 6.07) is 1.66. The minimum absolute atomic E-state index is 0.110. The molecule has 0 saturated carbocycles. The van der Waals surface area contributed by atoms with E-state index in [4.69, 9.17) is 4.74 Å². The van der Waals surface area contributed by atoms with E-state index in [0.29, 0.717) is 18.8 Å². The van der Waals surface area contributed by atoms with E-state index in [-0.39, 0.29) is 11.4 Å². The van der Waals surface area contributed by atoms with E-state index in [1.165, 1.54) is 12.4 Å². The molecule has 1 fully saturated rings. The van der Waals surface area contributed by atoms with Crippen LogP contribution in [0.5, 0.6) is 0 Å². The number of ether oxygens (including phenoxy) is 1. The third-order valence-electron chi connectivity index (χ3n) is 2.93. The molecule has 0 bridgehead atoms. The van der Waals surface area contributed by atoms with Crippen molar-refractivity contribution >= 4 is 21.8 Å². The fraction of sp³-hybridized carbons (Fsp3) is 0.545. The topological polar surface area (TPSA) is 64.1 Å². The first-order valence-electron chi connectivity index (χ1n) is 5.49. The fourth-order valence-electron chi connectivity index (χ4n) is 1.79. The molecule has 0 spiro atoms. The van der Waals surface area contributed by atoms with Gasteiger partial charge in [-0.1, -0.05) is 15.9 Å². The van der Waals surface area contributed by atoms with Crippen LogP contribution in [0.15, 0.2) is 18.5 Å². The Morgan fingerprint density at radius 3 is 2.82 bits per heavy atom. The maximum atomic E-state index is 12.0. The molecule has 0 aliphatic carbocycles. The highest BCUT2D eigenvalue weighted by atomic mass is 79.9. The number of halogens is 1. The Kier molecular flexibility index (Phi) is 4.06. The summed E-state index contributed by atoms with van der Waals surface area (Å²) in [5.74, 6) is -0.110. The van der Waals surface area contributed by atoms with Crippen molar-refractivity contribution in [3.05, 3.63) is 24.0 Å². The number of aromatic nitrogens is 2. The summed E-state index contributed by atoms with van der Waals surface area (Å²) in [5.41, 5.74) is 0.324. The molecule has 92 valence electrons. The van der Waals surface area contributed by atoms with Crippen molar-refractivity contribution < 1.29 is 9.53 Å². The summed E-state index contributed by atoms with van der Waals surface area (Å²) < 4.78 is 5.32. The van der Waals surface area contributed by atoms with Crippen LogP contribution >= 0.6 is 15.9 Å². The zero-order chi connectivity index (χ0) is 12.1. The van der Waals surface area contributed by atoms with E-state index < -0.39 is 0 Å². The van der Waals surface area contributed by atoms with Gasteiger partial charge in [0.25, 0.3) is 5.91 Å². The molecule has 1 amide bonds. The fourth-order valence-corrected chi connectivity index (χ4v) is 2.49. The van der Waals surface area contributed by atoms with Crippen LogP contribution in [0.4, 0.5) is 0 Å². The Morgan fingerprint density at radius 2 is 2.24 bits per heavy atom. The van der Waals surface area contributed by atoms with Crippen LogP contribution in [0, 0.1) is 0 Å². The highest BCUT2D eigenvalue weighted by Crippen LogP contribution is 2.23. The average molecular weight is 300 g/mol. The maximum absolute atomic E-state index is 12.0. The van der Waals surface area contributed by atoms with Crippen LogP contribution in [0.25, 0.3) is 0 Å². The smallest absolute Gasteiger partial charge is 0.253 e. The first-order chi connectivity index (χ1) is 8.26. The monoisotopic (exact) mass is 299 g/mol. The zero-order valence-corrected chi connectivity index (χ0v) is 10.9. The molecule has 1 aromatic heterocycles. The van der Waals surface area contributed by atoms with Gasteiger partial charge in [0.15, 0.2) is 0 Å². The summed E-state index contributed by atoms with van der Waals surface area (Å²) in [4.78, 5) is 12.0. The second-order valence-corrected chi connectivity index (χ2v) is 4.67. The second kappa shape index (κ2) is 5.55. The van der Waals surface area contributed by atoms with E-state index in [1.54, 1.807) is 6.07 Å². The SMILES string of the molecule is O=C(NC1(CBr)CCOCC1)c1ccnnc1. The lowest BCUT2D eigenvalue weighted by molar-refractivity contribution is 0.0441. The molecule has 0 aromatic carbocycles. The zero-order valence-electron chi connectivity index (χ0n) is 9.36. The van der Waals surface area contributed by atoms with Gasteiger partial charge >= 0.3 is 0 Å². The van der Waals surface area contributed by atoms with Gasteiger partial charge in [-0.15, -0.1) is 0 Å². The molecule has 6 heteroatoms. The van der Waals surface area contributed by atoms with Crippen LogP contribution in [0.1, 0.15) is 23.2 Å². The molecule has 1 N–H and O–H groups in total. The number of nitrogens with zero attached hydrogens (tertiary/aromatic N) is 2. The first kappa shape index (κ1) is 12.4. The van der Waals surface area contributed by atoms with Crippen molar-refractivity contribution in [1.82, 2.24) is 15.5 Å². The number of nitrogens with one attached hydrogen (secondary N) is 1. The van der Waals surface area contributed by atoms with Crippen LogP contribution in [0.2, 0.25) is 0 Å². The molecule has 1 saturated heterocycles. The Labute approximate surface area is 108 Å². The van der Waals surface area contributed by atoms with Crippen LogP contribution in [-0.4, -0.2) is 40.2 Å². The Balaban J connectivity index is 2.06. The molecule has 1 aromatic rings. The van der Waals surface area contributed by atoms with Crippen molar-refractivity contribution in [2.45, 2.75) is 18.4 Å². The summed E-state index contributed by atoms with van der Waals surface area (Å²) in [5, 5.41) is 11.1. The highest BCUT2D eigenvalue weighted by Gasteiger charge is 2.33. The molecule has 0 unspecified atom stereocenters. The number of hydrogen-bond acceptors (Lipinski definition) is 4. The quantitative estimate of drug-likeness (QED) is 0.851. The van der Waals surface area contributed by atoms with Gasteiger partial charge in [-0.2, -0.15) is 10.2 Å². The van der Waals surface area contributed by atoms with E-state index in [9.17, 15) is 4.79 Å². The number of carbonyl (C=O) groups excluding carboxylic acids is 1. The van der Waals surface area contributed by atoms with Crippen molar-refractivity contribution in [3.8, 4) is 0 Å². The molecule has 1 aliphatic heterocycles. The van der Waals surface area contributed by atoms with Gasteiger partial charge in [0, 0.05) is 18.5 Å². The minimum Gasteiger partial charge on any atom is -0.381 e. The predicted octanol–water partition coefficient (Wildman–Crippen LogP) is 1.15. The van der Waals surface area contributed by atoms with Crippen LogP contribution < -0.4 is 5.32 Å². The van der Waals surface area contributed by atoms with Gasteiger partial charge in [-0.25, -0.2) is 0 Å². The second-order valence-electron chi connectivity index (χ2n) is 4.11. The third-order valence-corrected chi connectivity index (χ3v) is 4.00. The predicted molar refractivity (Wildman–Crippen MR) is 66.1 cm³/mol. The number of rotatable bonds is 3. The van der Waals surface area contributed by atoms with Gasteiger partial charge < -0.3 is 10.1 Å². The van der Waals surface area contributed by atoms with Crippen molar-refractivity contribution in [2.75, 3.05) is 18.5 Å². The van der Waals surface area contributed by atoms with Crippen LogP contribution in [-0.2, 0) is 4.74 Å². The standard InChI is InChI=1S/C11H14BrN3O2/c12-8-11(2-5-17-6-3-11)15-10(16)9-1-4-13-14-7-9/h1,4,7H,2-3,5-6,8H2,(H,15,16). The lowest BCUT2D eigenvalue weighted by Crippen LogP contribution is -2.53. The van der Waals surface area contributed by atoms with Crippen molar-refractivity contribution in [3.63, 3.8) is 0 Å². The van der Waals surface area contributed by atoms with Gasteiger partial charge in [0.05, 0.1) is 23.5 Å². The summed E-state index contributed by atoms with van der Waals surface area (Å²) in [6.45, 7) is 1.36. The Bertz CT molecular complexity index is 380. The molecule has 2 rings (SSSR count). The largest absolute Gasteiger partial charge is 0.381 e. The van der Waals surface area contributed by atoms with Crippen LogP contribution in [0.3, 0.4) is 0 Å². The van der Waals surface area contributed by atoms with Gasteiger partial charge in [-0.05, 0) is 18.9 Å². The molecule has 0 atom stereocenters. The molecular formula is C11H14BrN3O2.